The Bertz CT molecular complexity index is 782. The molecular weight excluding hydrogens is 362 g/mol. The van der Waals surface area contributed by atoms with Crippen molar-refractivity contribution in [2.45, 2.75) is 20.4 Å². The molecule has 4 heterocycles. The molecule has 0 unspecified atom stereocenters. The van der Waals surface area contributed by atoms with E-state index in [2.05, 4.69) is 28.5 Å². The third-order valence-corrected chi connectivity index (χ3v) is 6.71. The van der Waals surface area contributed by atoms with Crippen LogP contribution in [0.5, 0.6) is 0 Å². The topological polar surface area (TPSA) is 65.0 Å². The number of piperazine rings is 1. The van der Waals surface area contributed by atoms with Crippen LogP contribution in [0.4, 0.5) is 5.82 Å². The van der Waals surface area contributed by atoms with Gasteiger partial charge in [0.15, 0.2) is 0 Å². The standard InChI is InChI=1S/C19H29N5O2S/c1-14-15(2)27-19-17(14)18(24-5-3-22(4-6-24)7-10-25)20-16(21-19)13-23-8-11-26-12-9-23/h25H,3-13H2,1-2H3. The minimum absolute atomic E-state index is 0.226. The number of morpholine rings is 1. The van der Waals surface area contributed by atoms with Crippen molar-refractivity contribution in [1.82, 2.24) is 19.8 Å². The Morgan fingerprint density at radius 2 is 1.74 bits per heavy atom. The number of rotatable bonds is 5. The fraction of sp³-hybridized carbons (Fsp3) is 0.684. The Balaban J connectivity index is 1.63. The Hall–Kier alpha value is -1.32. The van der Waals surface area contributed by atoms with E-state index in [-0.39, 0.29) is 6.61 Å². The van der Waals surface area contributed by atoms with E-state index in [9.17, 15) is 5.11 Å². The van der Waals surface area contributed by atoms with Crippen LogP contribution in [0.1, 0.15) is 16.3 Å². The van der Waals surface area contributed by atoms with E-state index in [1.165, 1.54) is 15.8 Å². The Kier molecular flexibility index (Phi) is 5.89. The number of ether oxygens (including phenoxy) is 1. The zero-order valence-corrected chi connectivity index (χ0v) is 17.1. The summed E-state index contributed by atoms with van der Waals surface area (Å²) in [5, 5.41) is 10.4. The fourth-order valence-electron chi connectivity index (χ4n) is 3.85. The molecule has 2 aromatic rings. The number of aliphatic hydroxyl groups is 1. The van der Waals surface area contributed by atoms with Crippen LogP contribution in [-0.4, -0.2) is 90.5 Å². The number of fused-ring (bicyclic) bond motifs is 1. The average Bonchev–Trinajstić information content (AvgIpc) is 2.97. The molecule has 7 nitrogen and oxygen atoms in total. The highest BCUT2D eigenvalue weighted by molar-refractivity contribution is 7.18. The minimum Gasteiger partial charge on any atom is -0.395 e. The van der Waals surface area contributed by atoms with Crippen LogP contribution in [0, 0.1) is 13.8 Å². The zero-order chi connectivity index (χ0) is 18.8. The maximum Gasteiger partial charge on any atom is 0.146 e. The monoisotopic (exact) mass is 391 g/mol. The predicted octanol–water partition coefficient (Wildman–Crippen LogP) is 1.25. The van der Waals surface area contributed by atoms with Crippen LogP contribution >= 0.6 is 11.3 Å². The normalized spacial score (nSPS) is 19.9. The van der Waals surface area contributed by atoms with Gasteiger partial charge in [0, 0.05) is 50.7 Å². The molecule has 0 saturated carbocycles. The molecule has 1 N–H and O–H groups in total. The van der Waals surface area contributed by atoms with Crippen molar-refractivity contribution in [3.8, 4) is 0 Å². The van der Waals surface area contributed by atoms with Crippen molar-refractivity contribution in [3.05, 3.63) is 16.3 Å². The number of hydrogen-bond acceptors (Lipinski definition) is 8. The summed E-state index contributed by atoms with van der Waals surface area (Å²) in [6.07, 6.45) is 0. The molecule has 0 spiro atoms. The second-order valence-electron chi connectivity index (χ2n) is 7.37. The van der Waals surface area contributed by atoms with Gasteiger partial charge in [0.1, 0.15) is 16.5 Å². The molecule has 2 aliphatic heterocycles. The highest BCUT2D eigenvalue weighted by Gasteiger charge is 2.24. The molecule has 0 atom stereocenters. The van der Waals surface area contributed by atoms with Crippen molar-refractivity contribution in [2.75, 3.05) is 70.5 Å². The fourth-order valence-corrected chi connectivity index (χ4v) is 4.90. The molecule has 0 amide bonds. The Labute approximate surface area is 164 Å². The predicted molar refractivity (Wildman–Crippen MR) is 109 cm³/mol. The van der Waals surface area contributed by atoms with Gasteiger partial charge in [-0.05, 0) is 19.4 Å². The first-order chi connectivity index (χ1) is 13.2. The van der Waals surface area contributed by atoms with Gasteiger partial charge < -0.3 is 14.7 Å². The SMILES string of the molecule is Cc1sc2nc(CN3CCOCC3)nc(N3CCN(CCO)CC3)c2c1C. The number of nitrogens with zero attached hydrogens (tertiary/aromatic N) is 5. The molecule has 27 heavy (non-hydrogen) atoms. The Morgan fingerprint density at radius 1 is 1.00 bits per heavy atom. The number of anilines is 1. The van der Waals surface area contributed by atoms with Gasteiger partial charge >= 0.3 is 0 Å². The first-order valence-corrected chi connectivity index (χ1v) is 10.6. The maximum absolute atomic E-state index is 9.19. The van der Waals surface area contributed by atoms with Gasteiger partial charge in [0.25, 0.3) is 0 Å². The van der Waals surface area contributed by atoms with E-state index in [4.69, 9.17) is 14.7 Å². The highest BCUT2D eigenvalue weighted by Crippen LogP contribution is 2.35. The molecule has 148 valence electrons. The minimum atomic E-state index is 0.226. The Morgan fingerprint density at radius 3 is 2.44 bits per heavy atom. The molecule has 0 aliphatic carbocycles. The quantitative estimate of drug-likeness (QED) is 0.823. The van der Waals surface area contributed by atoms with E-state index < -0.39 is 0 Å². The van der Waals surface area contributed by atoms with Gasteiger partial charge in [0.05, 0.1) is 31.8 Å². The van der Waals surface area contributed by atoms with Gasteiger partial charge in [-0.1, -0.05) is 0 Å². The zero-order valence-electron chi connectivity index (χ0n) is 16.3. The average molecular weight is 392 g/mol. The van der Waals surface area contributed by atoms with E-state index in [0.29, 0.717) is 0 Å². The summed E-state index contributed by atoms with van der Waals surface area (Å²) in [5.74, 6) is 2.01. The van der Waals surface area contributed by atoms with Crippen molar-refractivity contribution in [3.63, 3.8) is 0 Å². The van der Waals surface area contributed by atoms with Crippen LogP contribution in [0.2, 0.25) is 0 Å². The summed E-state index contributed by atoms with van der Waals surface area (Å²) in [4.78, 5) is 19.5. The van der Waals surface area contributed by atoms with Gasteiger partial charge in [-0.3, -0.25) is 9.80 Å². The molecule has 0 radical (unpaired) electrons. The van der Waals surface area contributed by atoms with Gasteiger partial charge in [0.2, 0.25) is 0 Å². The highest BCUT2D eigenvalue weighted by atomic mass is 32.1. The van der Waals surface area contributed by atoms with Crippen LogP contribution in [0.15, 0.2) is 0 Å². The second kappa shape index (κ2) is 8.36. The van der Waals surface area contributed by atoms with Gasteiger partial charge in [-0.25, -0.2) is 9.97 Å². The number of hydrogen-bond donors (Lipinski definition) is 1. The summed E-state index contributed by atoms with van der Waals surface area (Å²) in [5.41, 5.74) is 1.31. The number of aliphatic hydroxyl groups excluding tert-OH is 1. The molecule has 4 rings (SSSR count). The smallest absolute Gasteiger partial charge is 0.146 e. The van der Waals surface area contributed by atoms with E-state index in [1.807, 2.05) is 0 Å². The summed E-state index contributed by atoms with van der Waals surface area (Å²) in [7, 11) is 0. The lowest BCUT2D eigenvalue weighted by molar-refractivity contribution is 0.0331. The van der Waals surface area contributed by atoms with E-state index in [0.717, 1.165) is 82.0 Å². The van der Waals surface area contributed by atoms with Crippen LogP contribution in [0.3, 0.4) is 0 Å². The molecular formula is C19H29N5O2S. The second-order valence-corrected chi connectivity index (χ2v) is 8.57. The van der Waals surface area contributed by atoms with Crippen LogP contribution in [0.25, 0.3) is 10.2 Å². The molecule has 8 heteroatoms. The number of aromatic nitrogens is 2. The lowest BCUT2D eigenvalue weighted by atomic mass is 10.2. The summed E-state index contributed by atoms with van der Waals surface area (Å²) in [6.45, 7) is 13.4. The summed E-state index contributed by atoms with van der Waals surface area (Å²) in [6, 6.07) is 0. The first kappa shape index (κ1) is 19.0. The molecule has 0 bridgehead atoms. The number of thiophene rings is 1. The number of β-amino-alcohol motifs (C(OH)–C–C–N with tert-alkyl or cyclic N) is 1. The van der Waals surface area contributed by atoms with Crippen molar-refractivity contribution < 1.29 is 9.84 Å². The van der Waals surface area contributed by atoms with Crippen molar-refractivity contribution in [2.24, 2.45) is 0 Å². The molecule has 2 aliphatic rings. The summed E-state index contributed by atoms with van der Waals surface area (Å²) < 4.78 is 5.46. The molecule has 2 aromatic heterocycles. The van der Waals surface area contributed by atoms with E-state index >= 15 is 0 Å². The molecule has 0 aromatic carbocycles. The first-order valence-electron chi connectivity index (χ1n) is 9.80. The van der Waals surface area contributed by atoms with Gasteiger partial charge in [-0.2, -0.15) is 0 Å². The lowest BCUT2D eigenvalue weighted by Gasteiger charge is -2.35. The van der Waals surface area contributed by atoms with Crippen molar-refractivity contribution in [1.29, 1.82) is 0 Å². The van der Waals surface area contributed by atoms with Gasteiger partial charge in [-0.15, -0.1) is 11.3 Å². The largest absolute Gasteiger partial charge is 0.395 e. The third kappa shape index (κ3) is 4.09. The van der Waals surface area contributed by atoms with Crippen LogP contribution in [-0.2, 0) is 11.3 Å². The summed E-state index contributed by atoms with van der Waals surface area (Å²) >= 11 is 1.78. The lowest BCUT2D eigenvalue weighted by Crippen LogP contribution is -2.47. The maximum atomic E-state index is 9.19. The molecule has 2 saturated heterocycles. The van der Waals surface area contributed by atoms with Crippen LogP contribution < -0.4 is 4.90 Å². The van der Waals surface area contributed by atoms with E-state index in [1.54, 1.807) is 11.3 Å². The third-order valence-electron chi connectivity index (χ3n) is 5.61. The molecule has 2 fully saturated rings. The number of aryl methyl sites for hydroxylation is 2. The van der Waals surface area contributed by atoms with Crippen molar-refractivity contribution >= 4 is 27.4 Å².